The number of hydrogen-bond acceptors (Lipinski definition) is 4. The minimum Gasteiger partial charge on any atom is -0.434 e. The molecule has 3 rings (SSSR count). The van der Waals surface area contributed by atoms with Crippen molar-refractivity contribution >= 4 is 17.5 Å². The van der Waals surface area contributed by atoms with Gasteiger partial charge in [-0.05, 0) is 18.1 Å². The van der Waals surface area contributed by atoms with E-state index in [4.69, 9.17) is 0 Å². The number of rotatable bonds is 9. The zero-order valence-electron chi connectivity index (χ0n) is 17.3. The van der Waals surface area contributed by atoms with Crippen LogP contribution in [0.15, 0.2) is 59.7 Å². The van der Waals surface area contributed by atoms with Crippen LogP contribution in [0.4, 0.5) is 8.78 Å². The molecule has 1 heterocycles. The van der Waals surface area contributed by atoms with E-state index in [-0.39, 0.29) is 30.4 Å². The Morgan fingerprint density at radius 3 is 2.52 bits per heavy atom. The number of carbonyl (C=O) groups excluding carboxylic acids is 2. The molecule has 0 aromatic heterocycles. The second kappa shape index (κ2) is 10.7. The van der Waals surface area contributed by atoms with Crippen LogP contribution in [-0.2, 0) is 9.59 Å². The first-order valence-corrected chi connectivity index (χ1v) is 10.2. The summed E-state index contributed by atoms with van der Waals surface area (Å²) in [6.45, 7) is -0.631. The van der Waals surface area contributed by atoms with E-state index in [9.17, 15) is 18.4 Å². The fourth-order valence-electron chi connectivity index (χ4n) is 3.46. The molecule has 1 N–H and O–H groups in total. The average Bonchev–Trinajstić information content (AvgIpc) is 3.27. The first kappa shape index (κ1) is 22.4. The summed E-state index contributed by atoms with van der Waals surface area (Å²) in [5.41, 5.74) is 2.30. The predicted octanol–water partition coefficient (Wildman–Crippen LogP) is 4.27. The summed E-state index contributed by atoms with van der Waals surface area (Å²) in [6.07, 6.45) is 1.16. The molecule has 0 spiro atoms. The molecule has 0 radical (unpaired) electrons. The largest absolute Gasteiger partial charge is 0.434 e. The van der Waals surface area contributed by atoms with Gasteiger partial charge in [0.1, 0.15) is 5.75 Å². The Labute approximate surface area is 179 Å². The standard InChI is InChI=1S/C23H25F2N3O3/c1-2-18(17-10-6-7-11-20(17)31-23(24)25)26-21(29)12-13-22(30)28-15-14-19(27-28)16-8-4-3-5-9-16/h3-11,18,23H,2,12-15H2,1H3,(H,26,29). The summed E-state index contributed by atoms with van der Waals surface area (Å²) in [7, 11) is 0. The zero-order chi connectivity index (χ0) is 22.2. The second-order valence-electron chi connectivity index (χ2n) is 7.12. The van der Waals surface area contributed by atoms with E-state index in [1.165, 1.54) is 11.1 Å². The molecule has 1 aliphatic heterocycles. The van der Waals surface area contributed by atoms with Gasteiger partial charge in [0.2, 0.25) is 11.8 Å². The zero-order valence-corrected chi connectivity index (χ0v) is 17.3. The average molecular weight is 429 g/mol. The van der Waals surface area contributed by atoms with Crippen LogP contribution in [0.25, 0.3) is 0 Å². The van der Waals surface area contributed by atoms with Gasteiger partial charge in [-0.15, -0.1) is 0 Å². The minimum absolute atomic E-state index is 0.0140. The van der Waals surface area contributed by atoms with Crippen molar-refractivity contribution in [3.05, 3.63) is 65.7 Å². The minimum atomic E-state index is -2.95. The summed E-state index contributed by atoms with van der Waals surface area (Å²) in [5.74, 6) is -0.533. The van der Waals surface area contributed by atoms with Crippen molar-refractivity contribution in [3.8, 4) is 5.75 Å². The number of halogens is 2. The molecule has 2 aromatic rings. The smallest absolute Gasteiger partial charge is 0.387 e. The molecular formula is C23H25F2N3O3. The Morgan fingerprint density at radius 2 is 1.81 bits per heavy atom. The molecule has 1 unspecified atom stereocenters. The van der Waals surface area contributed by atoms with Crippen molar-refractivity contribution < 1.29 is 23.1 Å². The number of nitrogens with zero attached hydrogens (tertiary/aromatic N) is 2. The van der Waals surface area contributed by atoms with Crippen molar-refractivity contribution in [3.63, 3.8) is 0 Å². The van der Waals surface area contributed by atoms with Gasteiger partial charge in [0.05, 0.1) is 18.3 Å². The van der Waals surface area contributed by atoms with Crippen LogP contribution in [0, 0.1) is 0 Å². The summed E-state index contributed by atoms with van der Waals surface area (Å²) in [6, 6.07) is 15.5. The van der Waals surface area contributed by atoms with Gasteiger partial charge in [-0.3, -0.25) is 9.59 Å². The molecule has 0 saturated carbocycles. The highest BCUT2D eigenvalue weighted by Gasteiger charge is 2.23. The molecule has 6 nitrogen and oxygen atoms in total. The maximum atomic E-state index is 12.7. The molecule has 164 valence electrons. The predicted molar refractivity (Wildman–Crippen MR) is 113 cm³/mol. The highest BCUT2D eigenvalue weighted by atomic mass is 19.3. The third-order valence-corrected chi connectivity index (χ3v) is 5.02. The summed E-state index contributed by atoms with van der Waals surface area (Å²) < 4.78 is 29.9. The van der Waals surface area contributed by atoms with E-state index in [2.05, 4.69) is 15.2 Å². The Morgan fingerprint density at radius 1 is 1.10 bits per heavy atom. The maximum Gasteiger partial charge on any atom is 0.387 e. The maximum absolute atomic E-state index is 12.7. The van der Waals surface area contributed by atoms with Crippen molar-refractivity contribution in [2.45, 2.75) is 45.3 Å². The topological polar surface area (TPSA) is 71.0 Å². The van der Waals surface area contributed by atoms with Crippen molar-refractivity contribution in [2.75, 3.05) is 6.54 Å². The number of para-hydroxylation sites is 1. The number of hydrogen-bond donors (Lipinski definition) is 1. The lowest BCUT2D eigenvalue weighted by atomic mass is 10.0. The summed E-state index contributed by atoms with van der Waals surface area (Å²) in [5, 5.41) is 8.59. The highest BCUT2D eigenvalue weighted by molar-refractivity contribution is 6.02. The highest BCUT2D eigenvalue weighted by Crippen LogP contribution is 2.28. The lowest BCUT2D eigenvalue weighted by molar-refractivity contribution is -0.133. The van der Waals surface area contributed by atoms with E-state index in [1.807, 2.05) is 37.3 Å². The molecular weight excluding hydrogens is 404 g/mol. The first-order valence-electron chi connectivity index (χ1n) is 10.2. The third-order valence-electron chi connectivity index (χ3n) is 5.02. The third kappa shape index (κ3) is 6.10. The summed E-state index contributed by atoms with van der Waals surface area (Å²) in [4.78, 5) is 24.9. The number of nitrogens with one attached hydrogen (secondary N) is 1. The Balaban J connectivity index is 1.55. The molecule has 8 heteroatoms. The fraction of sp³-hybridized carbons (Fsp3) is 0.348. The van der Waals surface area contributed by atoms with Gasteiger partial charge in [-0.2, -0.15) is 13.9 Å². The Bertz CT molecular complexity index is 935. The lowest BCUT2D eigenvalue weighted by Crippen LogP contribution is -2.30. The summed E-state index contributed by atoms with van der Waals surface area (Å²) >= 11 is 0. The molecule has 0 bridgehead atoms. The first-order chi connectivity index (χ1) is 15.0. The van der Waals surface area contributed by atoms with Crippen molar-refractivity contribution in [1.82, 2.24) is 10.3 Å². The number of benzene rings is 2. The van der Waals surface area contributed by atoms with Gasteiger partial charge < -0.3 is 10.1 Å². The number of hydrazone groups is 1. The normalized spacial score (nSPS) is 14.3. The molecule has 2 amide bonds. The molecule has 0 saturated heterocycles. The van der Waals surface area contributed by atoms with Gasteiger partial charge in [-0.1, -0.05) is 55.5 Å². The molecule has 2 aromatic carbocycles. The van der Waals surface area contributed by atoms with Crippen LogP contribution in [0.3, 0.4) is 0 Å². The van der Waals surface area contributed by atoms with Gasteiger partial charge in [0, 0.05) is 24.8 Å². The van der Waals surface area contributed by atoms with E-state index < -0.39 is 12.7 Å². The van der Waals surface area contributed by atoms with Crippen LogP contribution < -0.4 is 10.1 Å². The van der Waals surface area contributed by atoms with Gasteiger partial charge in [-0.25, -0.2) is 5.01 Å². The SMILES string of the molecule is CCC(NC(=O)CCC(=O)N1CCC(c2ccccc2)=N1)c1ccccc1OC(F)F. The molecule has 1 atom stereocenters. The fourth-order valence-corrected chi connectivity index (χ4v) is 3.46. The van der Waals surface area contributed by atoms with Crippen molar-refractivity contribution in [2.24, 2.45) is 5.10 Å². The van der Waals surface area contributed by atoms with E-state index in [0.29, 0.717) is 24.9 Å². The van der Waals surface area contributed by atoms with Crippen LogP contribution in [0.2, 0.25) is 0 Å². The van der Waals surface area contributed by atoms with Crippen LogP contribution in [0.1, 0.15) is 49.8 Å². The van der Waals surface area contributed by atoms with E-state index in [0.717, 1.165) is 11.3 Å². The van der Waals surface area contributed by atoms with E-state index in [1.54, 1.807) is 18.2 Å². The number of carbonyl (C=O) groups is 2. The van der Waals surface area contributed by atoms with Gasteiger partial charge in [0.25, 0.3) is 0 Å². The van der Waals surface area contributed by atoms with Gasteiger partial charge >= 0.3 is 6.61 Å². The second-order valence-corrected chi connectivity index (χ2v) is 7.12. The number of alkyl halides is 2. The number of ether oxygens (including phenoxy) is 1. The Kier molecular flexibility index (Phi) is 7.70. The molecule has 0 fully saturated rings. The molecule has 0 aliphatic carbocycles. The molecule has 31 heavy (non-hydrogen) atoms. The quantitative estimate of drug-likeness (QED) is 0.647. The van der Waals surface area contributed by atoms with Gasteiger partial charge in [0.15, 0.2) is 0 Å². The van der Waals surface area contributed by atoms with Crippen LogP contribution in [0.5, 0.6) is 5.75 Å². The monoisotopic (exact) mass is 429 g/mol. The molecule has 1 aliphatic rings. The lowest BCUT2D eigenvalue weighted by Gasteiger charge is -2.20. The van der Waals surface area contributed by atoms with Crippen LogP contribution in [-0.4, -0.2) is 35.7 Å². The number of amides is 2. The Hall–Kier alpha value is -3.29. The van der Waals surface area contributed by atoms with Crippen molar-refractivity contribution in [1.29, 1.82) is 0 Å². The van der Waals surface area contributed by atoms with E-state index >= 15 is 0 Å². The van der Waals surface area contributed by atoms with Crippen LogP contribution >= 0.6 is 0 Å².